The molecule has 2 fully saturated rings. The zero-order valence-corrected chi connectivity index (χ0v) is 11.1. The first-order valence-corrected chi connectivity index (χ1v) is 6.46. The van der Waals surface area contributed by atoms with Gasteiger partial charge in [-0.2, -0.15) is 0 Å². The first kappa shape index (κ1) is 14.7. The number of ether oxygens (including phenoxy) is 1. The number of rotatable bonds is 3. The Morgan fingerprint density at radius 2 is 2.00 bits per heavy atom. The van der Waals surface area contributed by atoms with E-state index in [1.807, 2.05) is 0 Å². The third-order valence-electron chi connectivity index (χ3n) is 3.39. The lowest BCUT2D eigenvalue weighted by Gasteiger charge is -2.26. The van der Waals surface area contributed by atoms with E-state index in [-0.39, 0.29) is 24.4 Å². The summed E-state index contributed by atoms with van der Waals surface area (Å²) >= 11 is 0. The van der Waals surface area contributed by atoms with E-state index in [0.29, 0.717) is 12.5 Å². The molecule has 0 bridgehead atoms. The Kier molecular flexibility index (Phi) is 6.85. The molecule has 0 aromatic carbocycles. The summed E-state index contributed by atoms with van der Waals surface area (Å²) < 4.78 is 5.56. The molecule has 2 rings (SSSR count). The normalized spacial score (nSPS) is 26.0. The van der Waals surface area contributed by atoms with E-state index in [1.54, 1.807) is 0 Å². The number of hydrogen-bond acceptors (Lipinski definition) is 3. The van der Waals surface area contributed by atoms with Gasteiger partial charge in [-0.25, -0.2) is 0 Å². The standard InChI is InChI=1S/C12H22N2O2.ClH/c15-12(9-11-3-1-2-8-16-11)14-10-4-6-13-7-5-10;/h10-11,13H,1-9H2,(H,14,15);1H. The van der Waals surface area contributed by atoms with Gasteiger partial charge in [0.1, 0.15) is 0 Å². The molecule has 0 aliphatic carbocycles. The van der Waals surface area contributed by atoms with Crippen LogP contribution in [0, 0.1) is 0 Å². The molecule has 2 heterocycles. The highest BCUT2D eigenvalue weighted by Crippen LogP contribution is 2.15. The number of nitrogens with one attached hydrogen (secondary N) is 2. The lowest BCUT2D eigenvalue weighted by atomic mass is 10.0. The highest BCUT2D eigenvalue weighted by molar-refractivity contribution is 5.85. The van der Waals surface area contributed by atoms with Crippen molar-refractivity contribution in [2.75, 3.05) is 19.7 Å². The Balaban J connectivity index is 0.00000144. The van der Waals surface area contributed by atoms with E-state index in [1.165, 1.54) is 6.42 Å². The van der Waals surface area contributed by atoms with Gasteiger partial charge in [0.2, 0.25) is 5.91 Å². The highest BCUT2D eigenvalue weighted by Gasteiger charge is 2.20. The third-order valence-corrected chi connectivity index (χ3v) is 3.39. The van der Waals surface area contributed by atoms with E-state index in [4.69, 9.17) is 4.74 Å². The molecule has 1 atom stereocenters. The van der Waals surface area contributed by atoms with E-state index in [2.05, 4.69) is 10.6 Å². The summed E-state index contributed by atoms with van der Waals surface area (Å²) in [5, 5.41) is 6.40. The monoisotopic (exact) mass is 262 g/mol. The Bertz CT molecular complexity index is 205. The first-order chi connectivity index (χ1) is 7.84. The largest absolute Gasteiger partial charge is 0.378 e. The average molecular weight is 263 g/mol. The number of hydrogen-bond donors (Lipinski definition) is 2. The summed E-state index contributed by atoms with van der Waals surface area (Å²) in [5.41, 5.74) is 0. The zero-order valence-electron chi connectivity index (χ0n) is 10.2. The molecule has 0 aromatic rings. The SMILES string of the molecule is Cl.O=C(CC1CCCCO1)NC1CCNCC1. The molecule has 0 spiro atoms. The lowest BCUT2D eigenvalue weighted by Crippen LogP contribution is -2.43. The minimum atomic E-state index is 0. The van der Waals surface area contributed by atoms with Crippen LogP contribution < -0.4 is 10.6 Å². The number of amides is 1. The van der Waals surface area contributed by atoms with Crippen LogP contribution in [-0.2, 0) is 9.53 Å². The molecule has 0 aromatic heterocycles. The second-order valence-electron chi connectivity index (χ2n) is 4.78. The van der Waals surface area contributed by atoms with Crippen molar-refractivity contribution in [2.24, 2.45) is 0 Å². The quantitative estimate of drug-likeness (QED) is 0.805. The Morgan fingerprint density at radius 3 is 2.65 bits per heavy atom. The topological polar surface area (TPSA) is 50.4 Å². The van der Waals surface area contributed by atoms with Gasteiger partial charge in [0, 0.05) is 12.6 Å². The van der Waals surface area contributed by atoms with Crippen LogP contribution in [0.15, 0.2) is 0 Å². The van der Waals surface area contributed by atoms with Crippen molar-refractivity contribution in [1.29, 1.82) is 0 Å². The predicted octanol–water partition coefficient (Wildman–Crippen LogP) is 1.24. The molecule has 2 aliphatic heterocycles. The summed E-state index contributed by atoms with van der Waals surface area (Å²) in [6.45, 7) is 2.86. The van der Waals surface area contributed by atoms with Crippen LogP contribution in [0.4, 0.5) is 0 Å². The minimum absolute atomic E-state index is 0. The molecule has 2 saturated heterocycles. The average Bonchev–Trinajstić information content (AvgIpc) is 2.31. The molecule has 2 N–H and O–H groups in total. The lowest BCUT2D eigenvalue weighted by molar-refractivity contribution is -0.125. The maximum Gasteiger partial charge on any atom is 0.222 e. The molecule has 4 nitrogen and oxygen atoms in total. The van der Waals surface area contributed by atoms with E-state index in [9.17, 15) is 4.79 Å². The number of piperidine rings is 1. The summed E-state index contributed by atoms with van der Waals surface area (Å²) in [7, 11) is 0. The van der Waals surface area contributed by atoms with Crippen molar-refractivity contribution in [1.82, 2.24) is 10.6 Å². The molecule has 0 saturated carbocycles. The summed E-state index contributed by atoms with van der Waals surface area (Å²) in [6, 6.07) is 0.373. The van der Waals surface area contributed by atoms with Gasteiger partial charge in [0.25, 0.3) is 0 Å². The van der Waals surface area contributed by atoms with Crippen LogP contribution in [-0.4, -0.2) is 37.7 Å². The number of halogens is 1. The second-order valence-corrected chi connectivity index (χ2v) is 4.78. The first-order valence-electron chi connectivity index (χ1n) is 6.46. The van der Waals surface area contributed by atoms with Crippen LogP contribution >= 0.6 is 12.4 Å². The molecule has 100 valence electrons. The van der Waals surface area contributed by atoms with Gasteiger partial charge in [0.05, 0.1) is 12.5 Å². The van der Waals surface area contributed by atoms with Crippen molar-refractivity contribution in [3.8, 4) is 0 Å². The predicted molar refractivity (Wildman–Crippen MR) is 69.5 cm³/mol. The molecule has 1 unspecified atom stereocenters. The Labute approximate surface area is 109 Å². The fourth-order valence-corrected chi connectivity index (χ4v) is 2.43. The van der Waals surface area contributed by atoms with E-state index in [0.717, 1.165) is 45.4 Å². The minimum Gasteiger partial charge on any atom is -0.378 e. The fourth-order valence-electron chi connectivity index (χ4n) is 2.43. The van der Waals surface area contributed by atoms with Gasteiger partial charge < -0.3 is 15.4 Å². The summed E-state index contributed by atoms with van der Waals surface area (Å²) in [5.74, 6) is 0.166. The molecule has 1 amide bonds. The van der Waals surface area contributed by atoms with Gasteiger partial charge in [-0.15, -0.1) is 12.4 Å². The van der Waals surface area contributed by atoms with Crippen molar-refractivity contribution in [3.63, 3.8) is 0 Å². The molecule has 17 heavy (non-hydrogen) atoms. The van der Waals surface area contributed by atoms with Gasteiger partial charge in [-0.05, 0) is 45.2 Å². The van der Waals surface area contributed by atoms with Crippen LogP contribution in [0.1, 0.15) is 38.5 Å². The van der Waals surface area contributed by atoms with Crippen molar-refractivity contribution in [2.45, 2.75) is 50.7 Å². The van der Waals surface area contributed by atoms with Crippen molar-refractivity contribution >= 4 is 18.3 Å². The Morgan fingerprint density at radius 1 is 1.24 bits per heavy atom. The van der Waals surface area contributed by atoms with Gasteiger partial charge >= 0.3 is 0 Å². The Hall–Kier alpha value is -0.320. The van der Waals surface area contributed by atoms with Crippen molar-refractivity contribution < 1.29 is 9.53 Å². The zero-order chi connectivity index (χ0) is 11.2. The third kappa shape index (κ3) is 5.23. The fraction of sp³-hybridized carbons (Fsp3) is 0.917. The van der Waals surface area contributed by atoms with E-state index < -0.39 is 0 Å². The molecule has 5 heteroatoms. The smallest absolute Gasteiger partial charge is 0.222 e. The number of carbonyl (C=O) groups is 1. The molecule has 2 aliphatic rings. The van der Waals surface area contributed by atoms with Crippen LogP contribution in [0.2, 0.25) is 0 Å². The van der Waals surface area contributed by atoms with Gasteiger partial charge in [0.15, 0.2) is 0 Å². The van der Waals surface area contributed by atoms with Gasteiger partial charge in [-0.3, -0.25) is 4.79 Å². The van der Waals surface area contributed by atoms with Crippen molar-refractivity contribution in [3.05, 3.63) is 0 Å². The molecular formula is C12H23ClN2O2. The maximum atomic E-state index is 11.8. The van der Waals surface area contributed by atoms with Crippen LogP contribution in [0.25, 0.3) is 0 Å². The van der Waals surface area contributed by atoms with Gasteiger partial charge in [-0.1, -0.05) is 0 Å². The highest BCUT2D eigenvalue weighted by atomic mass is 35.5. The number of carbonyl (C=O) groups excluding carboxylic acids is 1. The second kappa shape index (κ2) is 7.90. The molecular weight excluding hydrogens is 240 g/mol. The molecule has 0 radical (unpaired) electrons. The van der Waals surface area contributed by atoms with Crippen LogP contribution in [0.5, 0.6) is 0 Å². The maximum absolute atomic E-state index is 11.8. The van der Waals surface area contributed by atoms with E-state index >= 15 is 0 Å². The summed E-state index contributed by atoms with van der Waals surface area (Å²) in [6.07, 6.45) is 6.20. The van der Waals surface area contributed by atoms with Crippen LogP contribution in [0.3, 0.4) is 0 Å². The summed E-state index contributed by atoms with van der Waals surface area (Å²) in [4.78, 5) is 11.8.